The topological polar surface area (TPSA) is 0 Å². The quantitative estimate of drug-likeness (QED) is 0.478. The van der Waals surface area contributed by atoms with E-state index in [1.807, 2.05) is 0 Å². The summed E-state index contributed by atoms with van der Waals surface area (Å²) < 4.78 is 0. The van der Waals surface area contributed by atoms with Gasteiger partial charge in [-0.15, -0.1) is 0 Å². The summed E-state index contributed by atoms with van der Waals surface area (Å²) in [6, 6.07) is 0. The van der Waals surface area contributed by atoms with Crippen molar-refractivity contribution in [2.24, 2.45) is 0 Å². The van der Waals surface area contributed by atoms with Gasteiger partial charge in [-0.3, -0.25) is 0 Å². The summed E-state index contributed by atoms with van der Waals surface area (Å²) in [4.78, 5) is 0. The minimum atomic E-state index is 0. The zero-order chi connectivity index (χ0) is 7.66. The molecule has 0 nitrogen and oxygen atoms in total. The summed E-state index contributed by atoms with van der Waals surface area (Å²) in [5.74, 6) is 0. The molecule has 0 unspecified atom stereocenters. The first-order valence-corrected chi connectivity index (χ1v) is 4.56. The number of unbranched alkanes of at least 4 members (excludes halogenated alkanes) is 4. The van der Waals surface area contributed by atoms with Crippen molar-refractivity contribution < 1.29 is 32.7 Å². The van der Waals surface area contributed by atoms with Crippen LogP contribution in [0.3, 0.4) is 0 Å². The maximum absolute atomic E-state index is 2.32. The van der Waals surface area contributed by atoms with Gasteiger partial charge in [0.15, 0.2) is 0 Å². The molecule has 0 amide bonds. The van der Waals surface area contributed by atoms with Gasteiger partial charge in [-0.25, -0.2) is 0 Å². The molecule has 1 radical (unpaired) electrons. The normalized spacial score (nSPS) is 10.0. The zero-order valence-corrected chi connectivity index (χ0v) is 10.8. The molecule has 0 N–H and O–H groups in total. The number of hydrogen-bond acceptors (Lipinski definition) is 0. The van der Waals surface area contributed by atoms with E-state index in [4.69, 9.17) is 0 Å². The van der Waals surface area contributed by atoms with Crippen molar-refractivity contribution in [2.75, 3.05) is 0 Å². The molecule has 0 rings (SSSR count). The molecule has 0 fully saturated rings. The second kappa shape index (κ2) is 13.4. The molecule has 0 aliphatic rings. The molecule has 0 saturated heterocycles. The Balaban J connectivity index is 0. The fraction of sp³-hybridized carbons (Fsp3) is 0.800. The summed E-state index contributed by atoms with van der Waals surface area (Å²) in [6.07, 6.45) is 12.5. The van der Waals surface area contributed by atoms with Gasteiger partial charge in [-0.2, -0.15) is 0 Å². The van der Waals surface area contributed by atoms with Crippen LogP contribution in [0, 0.1) is 0 Å². The molecule has 63 valence electrons. The molecule has 0 aromatic rings. The fourth-order valence-corrected chi connectivity index (χ4v) is 0.915. The smallest absolute Gasteiger partial charge is 0 e. The molecule has 0 heterocycles. The second-order valence-corrected chi connectivity index (χ2v) is 2.76. The Morgan fingerprint density at radius 3 is 2.00 bits per heavy atom. The van der Waals surface area contributed by atoms with Gasteiger partial charge in [0.05, 0.1) is 0 Å². The van der Waals surface area contributed by atoms with Gasteiger partial charge in [0.25, 0.3) is 0 Å². The van der Waals surface area contributed by atoms with E-state index in [-0.39, 0.29) is 32.7 Å². The zero-order valence-electron chi connectivity index (χ0n) is 7.97. The van der Waals surface area contributed by atoms with Crippen LogP contribution in [0.5, 0.6) is 0 Å². The van der Waals surface area contributed by atoms with Crippen molar-refractivity contribution in [2.45, 2.75) is 52.4 Å². The van der Waals surface area contributed by atoms with Crippen LogP contribution in [0.15, 0.2) is 12.2 Å². The predicted octanol–water partition coefficient (Wildman–Crippen LogP) is 3.92. The van der Waals surface area contributed by atoms with Crippen LogP contribution in [0.25, 0.3) is 0 Å². The van der Waals surface area contributed by atoms with E-state index in [0.717, 1.165) is 0 Å². The molecule has 0 atom stereocenters. The van der Waals surface area contributed by atoms with E-state index in [1.165, 1.54) is 38.5 Å². The van der Waals surface area contributed by atoms with Gasteiger partial charge in [0.2, 0.25) is 0 Å². The van der Waals surface area contributed by atoms with Gasteiger partial charge >= 0.3 is 0 Å². The standard InChI is InChI=1S/C10H20.Y/c1-3-5-7-9-10-8-6-4-2;/h7,9H,3-6,8,10H2,1-2H3;/b9-7-;. The van der Waals surface area contributed by atoms with Gasteiger partial charge < -0.3 is 0 Å². The van der Waals surface area contributed by atoms with Crippen LogP contribution < -0.4 is 0 Å². The summed E-state index contributed by atoms with van der Waals surface area (Å²) in [7, 11) is 0. The van der Waals surface area contributed by atoms with Gasteiger partial charge in [-0.1, -0.05) is 45.3 Å². The SMILES string of the molecule is CCC/C=C\CCCCC.[Y]. The van der Waals surface area contributed by atoms with Crippen LogP contribution in [0.1, 0.15) is 52.4 Å². The average molecular weight is 229 g/mol. The largest absolute Gasteiger partial charge is 0.0885 e. The Labute approximate surface area is 96.7 Å². The van der Waals surface area contributed by atoms with E-state index in [0.29, 0.717) is 0 Å². The Morgan fingerprint density at radius 2 is 1.45 bits per heavy atom. The average Bonchev–Trinajstić information content (AvgIpc) is 1.97. The molecular weight excluding hydrogens is 209 g/mol. The van der Waals surface area contributed by atoms with E-state index in [9.17, 15) is 0 Å². The molecule has 0 bridgehead atoms. The first-order valence-electron chi connectivity index (χ1n) is 4.56. The summed E-state index contributed by atoms with van der Waals surface area (Å²) in [5.41, 5.74) is 0. The maximum Gasteiger partial charge on any atom is 0 e. The molecule has 0 saturated carbocycles. The van der Waals surface area contributed by atoms with Gasteiger partial charge in [0, 0.05) is 32.7 Å². The first kappa shape index (κ1) is 14.4. The van der Waals surface area contributed by atoms with Crippen LogP contribution in [0.4, 0.5) is 0 Å². The molecular formula is C10H20Y. The first-order chi connectivity index (χ1) is 4.91. The third-order valence-corrected chi connectivity index (χ3v) is 1.60. The third-order valence-electron chi connectivity index (χ3n) is 1.60. The van der Waals surface area contributed by atoms with Crippen LogP contribution >= 0.6 is 0 Å². The van der Waals surface area contributed by atoms with Crippen molar-refractivity contribution in [1.82, 2.24) is 0 Å². The van der Waals surface area contributed by atoms with E-state index < -0.39 is 0 Å². The molecule has 11 heavy (non-hydrogen) atoms. The molecule has 1 heteroatoms. The van der Waals surface area contributed by atoms with Crippen LogP contribution in [0.2, 0.25) is 0 Å². The summed E-state index contributed by atoms with van der Waals surface area (Å²) in [5, 5.41) is 0. The van der Waals surface area contributed by atoms with Gasteiger partial charge in [-0.05, 0) is 19.3 Å². The summed E-state index contributed by atoms with van der Waals surface area (Å²) in [6.45, 7) is 4.46. The predicted molar refractivity (Wildman–Crippen MR) is 48.2 cm³/mol. The number of allylic oxidation sites excluding steroid dienone is 2. The monoisotopic (exact) mass is 229 g/mol. The second-order valence-electron chi connectivity index (χ2n) is 2.76. The maximum atomic E-state index is 2.32. The molecule has 0 aliphatic heterocycles. The third kappa shape index (κ3) is 13.8. The van der Waals surface area contributed by atoms with E-state index in [2.05, 4.69) is 26.0 Å². The fourth-order valence-electron chi connectivity index (χ4n) is 0.915. The van der Waals surface area contributed by atoms with Crippen molar-refractivity contribution in [3.8, 4) is 0 Å². The summed E-state index contributed by atoms with van der Waals surface area (Å²) >= 11 is 0. The minimum Gasteiger partial charge on any atom is -0.0885 e. The van der Waals surface area contributed by atoms with Crippen molar-refractivity contribution in [3.63, 3.8) is 0 Å². The minimum absolute atomic E-state index is 0. The van der Waals surface area contributed by atoms with E-state index in [1.54, 1.807) is 0 Å². The number of hydrogen-bond donors (Lipinski definition) is 0. The van der Waals surface area contributed by atoms with Crippen molar-refractivity contribution >= 4 is 0 Å². The molecule has 0 aliphatic carbocycles. The van der Waals surface area contributed by atoms with Crippen molar-refractivity contribution in [1.29, 1.82) is 0 Å². The van der Waals surface area contributed by atoms with Crippen LogP contribution in [-0.2, 0) is 32.7 Å². The molecule has 0 aromatic carbocycles. The van der Waals surface area contributed by atoms with Crippen molar-refractivity contribution in [3.05, 3.63) is 12.2 Å². The Morgan fingerprint density at radius 1 is 0.818 bits per heavy atom. The van der Waals surface area contributed by atoms with Crippen LogP contribution in [-0.4, -0.2) is 0 Å². The molecule has 0 aromatic heterocycles. The van der Waals surface area contributed by atoms with Gasteiger partial charge in [0.1, 0.15) is 0 Å². The Bertz CT molecular complexity index is 76.9. The Hall–Kier alpha value is 0.844. The molecule has 0 spiro atoms. The van der Waals surface area contributed by atoms with E-state index >= 15 is 0 Å². The number of rotatable bonds is 6. The Kier molecular flexibility index (Phi) is 17.6.